The molecule has 0 bridgehead atoms. The summed E-state index contributed by atoms with van der Waals surface area (Å²) in [4.78, 5) is 4.76. The van der Waals surface area contributed by atoms with E-state index in [0.717, 1.165) is 5.52 Å². The van der Waals surface area contributed by atoms with Gasteiger partial charge in [0.25, 0.3) is 0 Å². The molecular weight excluding hydrogens is 254 g/mol. The first kappa shape index (κ1) is 11.3. The molecule has 0 atom stereocenters. The standard InChI is InChI=1S/C20H15N/c1-2-6-16-14(4-1)12-21-20-18(16)11-10-17-15-7-3-5-13(15)8-9-19(17)20/h1-2,4,6,8-12H,3,5,7H2. The molecule has 1 aromatic heterocycles. The van der Waals surface area contributed by atoms with Crippen LogP contribution < -0.4 is 0 Å². The van der Waals surface area contributed by atoms with Crippen LogP contribution in [0.4, 0.5) is 0 Å². The molecule has 1 aliphatic rings. The summed E-state index contributed by atoms with van der Waals surface area (Å²) in [6.07, 6.45) is 5.74. The second kappa shape index (κ2) is 4.05. The van der Waals surface area contributed by atoms with Crippen LogP contribution >= 0.6 is 0 Å². The van der Waals surface area contributed by atoms with Crippen LogP contribution in [0.5, 0.6) is 0 Å². The van der Waals surface area contributed by atoms with Gasteiger partial charge in [-0.15, -0.1) is 0 Å². The molecule has 0 N–H and O–H groups in total. The van der Waals surface area contributed by atoms with Crippen LogP contribution in [0.3, 0.4) is 0 Å². The molecule has 21 heavy (non-hydrogen) atoms. The van der Waals surface area contributed by atoms with Crippen LogP contribution in [-0.4, -0.2) is 4.98 Å². The summed E-state index contributed by atoms with van der Waals surface area (Å²) in [5.41, 5.74) is 4.22. The minimum atomic E-state index is 1.14. The highest BCUT2D eigenvalue weighted by Crippen LogP contribution is 2.35. The number of aryl methyl sites for hydroxylation is 2. The van der Waals surface area contributed by atoms with E-state index >= 15 is 0 Å². The van der Waals surface area contributed by atoms with E-state index in [1.807, 2.05) is 6.20 Å². The van der Waals surface area contributed by atoms with Crippen molar-refractivity contribution >= 4 is 32.4 Å². The van der Waals surface area contributed by atoms with Crippen molar-refractivity contribution in [3.63, 3.8) is 0 Å². The lowest BCUT2D eigenvalue weighted by atomic mass is 9.97. The molecule has 3 aromatic carbocycles. The number of rotatable bonds is 0. The largest absolute Gasteiger partial charge is 0.255 e. The van der Waals surface area contributed by atoms with Crippen LogP contribution in [0.15, 0.2) is 54.7 Å². The molecule has 0 unspecified atom stereocenters. The molecule has 0 radical (unpaired) electrons. The Morgan fingerprint density at radius 2 is 1.52 bits per heavy atom. The molecule has 1 nitrogen and oxygen atoms in total. The zero-order chi connectivity index (χ0) is 13.8. The third-order valence-electron chi connectivity index (χ3n) is 4.84. The number of hydrogen-bond acceptors (Lipinski definition) is 1. The Hall–Kier alpha value is -2.41. The van der Waals surface area contributed by atoms with Crippen molar-refractivity contribution in [1.82, 2.24) is 4.98 Å². The average Bonchev–Trinajstić information content (AvgIpc) is 3.03. The molecule has 0 amide bonds. The van der Waals surface area contributed by atoms with E-state index in [1.54, 1.807) is 5.56 Å². The van der Waals surface area contributed by atoms with Gasteiger partial charge < -0.3 is 0 Å². The SMILES string of the molecule is c1ccc2c(c1)cnc1c3ccc4c(c3ccc21)CCC4. The molecular formula is C20H15N. The van der Waals surface area contributed by atoms with E-state index in [9.17, 15) is 0 Å². The molecule has 0 aliphatic heterocycles. The molecule has 100 valence electrons. The lowest BCUT2D eigenvalue weighted by Gasteiger charge is -2.10. The van der Waals surface area contributed by atoms with Crippen LogP contribution in [-0.2, 0) is 12.8 Å². The summed E-state index contributed by atoms with van der Waals surface area (Å²) in [6.45, 7) is 0. The van der Waals surface area contributed by atoms with Crippen LogP contribution in [0.1, 0.15) is 17.5 Å². The summed E-state index contributed by atoms with van der Waals surface area (Å²) >= 11 is 0. The smallest absolute Gasteiger partial charge is 0.0786 e. The van der Waals surface area contributed by atoms with Gasteiger partial charge in [-0.2, -0.15) is 0 Å². The van der Waals surface area contributed by atoms with Crippen LogP contribution in [0.2, 0.25) is 0 Å². The minimum Gasteiger partial charge on any atom is -0.255 e. The third kappa shape index (κ3) is 1.49. The lowest BCUT2D eigenvalue weighted by Crippen LogP contribution is -1.89. The maximum atomic E-state index is 4.76. The van der Waals surface area contributed by atoms with Gasteiger partial charge >= 0.3 is 0 Å². The van der Waals surface area contributed by atoms with Gasteiger partial charge in [0.1, 0.15) is 0 Å². The molecule has 0 fully saturated rings. The Labute approximate surface area is 123 Å². The summed E-state index contributed by atoms with van der Waals surface area (Å²) < 4.78 is 0. The van der Waals surface area contributed by atoms with Gasteiger partial charge in [0.05, 0.1) is 5.52 Å². The first-order chi connectivity index (χ1) is 10.4. The lowest BCUT2D eigenvalue weighted by molar-refractivity contribution is 0.913. The van der Waals surface area contributed by atoms with Gasteiger partial charge in [-0.05, 0) is 41.2 Å². The molecule has 5 rings (SSSR count). The fourth-order valence-corrected chi connectivity index (χ4v) is 3.83. The van der Waals surface area contributed by atoms with Crippen molar-refractivity contribution in [2.75, 3.05) is 0 Å². The van der Waals surface area contributed by atoms with E-state index in [0.29, 0.717) is 0 Å². The van der Waals surface area contributed by atoms with Crippen LogP contribution in [0.25, 0.3) is 32.4 Å². The predicted octanol–water partition coefficient (Wildman–Crippen LogP) is 5.03. The Morgan fingerprint density at radius 1 is 0.714 bits per heavy atom. The number of pyridine rings is 1. The zero-order valence-corrected chi connectivity index (χ0v) is 11.8. The molecule has 0 saturated heterocycles. The van der Waals surface area contributed by atoms with E-state index < -0.39 is 0 Å². The van der Waals surface area contributed by atoms with Gasteiger partial charge in [-0.3, -0.25) is 4.98 Å². The van der Waals surface area contributed by atoms with Crippen molar-refractivity contribution in [3.8, 4) is 0 Å². The maximum absolute atomic E-state index is 4.76. The van der Waals surface area contributed by atoms with E-state index in [4.69, 9.17) is 4.98 Å². The topological polar surface area (TPSA) is 12.9 Å². The average molecular weight is 269 g/mol. The highest BCUT2D eigenvalue weighted by atomic mass is 14.7. The fraction of sp³-hybridized carbons (Fsp3) is 0.150. The Balaban J connectivity index is 1.99. The molecule has 1 aliphatic carbocycles. The Kier molecular flexibility index (Phi) is 2.17. The molecule has 1 heteroatoms. The highest BCUT2D eigenvalue weighted by molar-refractivity contribution is 6.15. The van der Waals surface area contributed by atoms with E-state index in [-0.39, 0.29) is 0 Å². The van der Waals surface area contributed by atoms with Gasteiger partial charge in [-0.1, -0.05) is 48.5 Å². The van der Waals surface area contributed by atoms with E-state index in [1.165, 1.54) is 51.8 Å². The first-order valence-electron chi connectivity index (χ1n) is 7.63. The first-order valence-corrected chi connectivity index (χ1v) is 7.63. The molecule has 0 saturated carbocycles. The summed E-state index contributed by atoms with van der Waals surface area (Å²) in [5, 5.41) is 6.48. The summed E-state index contributed by atoms with van der Waals surface area (Å²) in [7, 11) is 0. The normalized spacial score (nSPS) is 14.1. The maximum Gasteiger partial charge on any atom is 0.0786 e. The Bertz CT molecular complexity index is 1010. The van der Waals surface area contributed by atoms with Crippen molar-refractivity contribution in [2.24, 2.45) is 0 Å². The van der Waals surface area contributed by atoms with Crippen LogP contribution in [0, 0.1) is 0 Å². The molecule has 4 aromatic rings. The zero-order valence-electron chi connectivity index (χ0n) is 11.8. The summed E-state index contributed by atoms with van der Waals surface area (Å²) in [6, 6.07) is 17.6. The number of benzene rings is 3. The number of aromatic nitrogens is 1. The second-order valence-corrected chi connectivity index (χ2v) is 5.96. The van der Waals surface area contributed by atoms with Gasteiger partial charge in [0, 0.05) is 22.4 Å². The van der Waals surface area contributed by atoms with E-state index in [2.05, 4.69) is 48.5 Å². The highest BCUT2D eigenvalue weighted by Gasteiger charge is 2.15. The van der Waals surface area contributed by atoms with Crippen molar-refractivity contribution in [2.45, 2.75) is 19.3 Å². The molecule has 1 heterocycles. The predicted molar refractivity (Wildman–Crippen MR) is 88.8 cm³/mol. The summed E-state index contributed by atoms with van der Waals surface area (Å²) in [5.74, 6) is 0. The Morgan fingerprint density at radius 3 is 2.52 bits per heavy atom. The van der Waals surface area contributed by atoms with Gasteiger partial charge in [-0.25, -0.2) is 0 Å². The number of nitrogens with zero attached hydrogens (tertiary/aromatic N) is 1. The fourth-order valence-electron chi connectivity index (χ4n) is 3.83. The number of hydrogen-bond donors (Lipinski definition) is 0. The number of fused-ring (bicyclic) bond motifs is 7. The van der Waals surface area contributed by atoms with Gasteiger partial charge in [0.15, 0.2) is 0 Å². The minimum absolute atomic E-state index is 1.14. The van der Waals surface area contributed by atoms with Gasteiger partial charge in [0.2, 0.25) is 0 Å². The third-order valence-corrected chi connectivity index (χ3v) is 4.84. The monoisotopic (exact) mass is 269 g/mol. The quantitative estimate of drug-likeness (QED) is 0.408. The van der Waals surface area contributed by atoms with Crippen molar-refractivity contribution in [1.29, 1.82) is 0 Å². The molecule has 0 spiro atoms. The second-order valence-electron chi connectivity index (χ2n) is 5.96. The van der Waals surface area contributed by atoms with Crippen molar-refractivity contribution < 1.29 is 0 Å². The van der Waals surface area contributed by atoms with Crippen molar-refractivity contribution in [3.05, 3.63) is 65.9 Å².